The monoisotopic (exact) mass is 396 g/mol. The molecule has 1 aliphatic rings. The van der Waals surface area contributed by atoms with Gasteiger partial charge in [0, 0.05) is 0 Å². The summed E-state index contributed by atoms with van der Waals surface area (Å²) in [5, 5.41) is 0. The summed E-state index contributed by atoms with van der Waals surface area (Å²) < 4.78 is 66.6. The van der Waals surface area contributed by atoms with E-state index in [1.807, 2.05) is 0 Å². The maximum Gasteiger partial charge on any atom is 0.200 e. The highest BCUT2D eigenvalue weighted by Crippen LogP contribution is 2.39. The Morgan fingerprint density at radius 3 is 2.07 bits per heavy atom. The highest BCUT2D eigenvalue weighted by Gasteiger charge is 2.27. The fraction of sp³-hybridized carbons (Fsp3) is 0.455. The van der Waals surface area contributed by atoms with Crippen LogP contribution in [0.2, 0.25) is 0 Å². The maximum atomic E-state index is 14.4. The molecule has 0 aromatic heterocycles. The number of rotatable bonds is 6. The van der Waals surface area contributed by atoms with E-state index in [1.165, 1.54) is 25.1 Å². The lowest BCUT2D eigenvalue weighted by atomic mass is 9.79. The largest absolute Gasteiger partial charge is 0.491 e. The van der Waals surface area contributed by atoms with Crippen molar-refractivity contribution in [3.05, 3.63) is 58.7 Å². The Morgan fingerprint density at radius 2 is 1.39 bits per heavy atom. The number of hydrogen-bond donors (Lipinski definition) is 0. The zero-order chi connectivity index (χ0) is 20.3. The molecule has 2 aromatic carbocycles. The van der Waals surface area contributed by atoms with Gasteiger partial charge in [0.05, 0.1) is 13.2 Å². The first-order chi connectivity index (χ1) is 13.4. The van der Waals surface area contributed by atoms with E-state index in [2.05, 4.69) is 0 Å². The van der Waals surface area contributed by atoms with E-state index < -0.39 is 23.3 Å². The smallest absolute Gasteiger partial charge is 0.200 e. The van der Waals surface area contributed by atoms with Crippen LogP contribution < -0.4 is 9.47 Å². The zero-order valence-electron chi connectivity index (χ0n) is 16.0. The minimum atomic E-state index is -0.972. The fourth-order valence-corrected chi connectivity index (χ4v) is 3.72. The van der Waals surface area contributed by atoms with E-state index in [1.54, 1.807) is 13.0 Å². The highest BCUT2D eigenvalue weighted by atomic mass is 19.2. The van der Waals surface area contributed by atoms with E-state index in [-0.39, 0.29) is 42.1 Å². The summed E-state index contributed by atoms with van der Waals surface area (Å²) >= 11 is 0. The summed E-state index contributed by atoms with van der Waals surface area (Å²) in [7, 11) is 0. The third-order valence-electron chi connectivity index (χ3n) is 5.38. The number of halogens is 4. The molecule has 0 atom stereocenters. The van der Waals surface area contributed by atoms with Crippen molar-refractivity contribution < 1.29 is 27.0 Å². The standard InChI is InChI=1S/C22H24F4O2/c1-3-27-17-11-9-16(20(24)22(17)26)15-7-5-14(6-8-15)12-28-18-10-4-13(2)19(23)21(18)25/h4,9-11,14-15H,3,5-8,12H2,1-2H3. The molecule has 0 bridgehead atoms. The molecule has 0 radical (unpaired) electrons. The molecule has 152 valence electrons. The van der Waals surface area contributed by atoms with Gasteiger partial charge in [0.15, 0.2) is 23.1 Å². The van der Waals surface area contributed by atoms with Gasteiger partial charge in [-0.1, -0.05) is 12.1 Å². The second-order valence-corrected chi connectivity index (χ2v) is 7.25. The van der Waals surface area contributed by atoms with Crippen LogP contribution in [0.15, 0.2) is 24.3 Å². The number of ether oxygens (including phenoxy) is 2. The molecule has 0 N–H and O–H groups in total. The van der Waals surface area contributed by atoms with Crippen LogP contribution in [-0.2, 0) is 0 Å². The quantitative estimate of drug-likeness (QED) is 0.533. The SMILES string of the molecule is CCOc1ccc(C2CCC(COc3ccc(C)c(F)c3F)CC2)c(F)c1F. The van der Waals surface area contributed by atoms with Gasteiger partial charge < -0.3 is 9.47 Å². The molecule has 2 aromatic rings. The summed E-state index contributed by atoms with van der Waals surface area (Å²) in [5.41, 5.74) is 0.599. The van der Waals surface area contributed by atoms with Crippen LogP contribution in [0.4, 0.5) is 17.6 Å². The Kier molecular flexibility index (Phi) is 6.47. The maximum absolute atomic E-state index is 14.4. The summed E-state index contributed by atoms with van der Waals surface area (Å²) in [6.45, 7) is 3.75. The fourth-order valence-electron chi connectivity index (χ4n) is 3.72. The van der Waals surface area contributed by atoms with Crippen molar-refractivity contribution in [2.75, 3.05) is 13.2 Å². The first-order valence-electron chi connectivity index (χ1n) is 9.60. The Labute approximate surface area is 162 Å². The summed E-state index contributed by atoms with van der Waals surface area (Å²) in [6.07, 6.45) is 2.86. The second-order valence-electron chi connectivity index (χ2n) is 7.25. The van der Waals surface area contributed by atoms with Crippen LogP contribution in [0.25, 0.3) is 0 Å². The number of hydrogen-bond acceptors (Lipinski definition) is 2. The predicted molar refractivity (Wildman–Crippen MR) is 98.8 cm³/mol. The zero-order valence-corrected chi connectivity index (χ0v) is 16.0. The lowest BCUT2D eigenvalue weighted by Gasteiger charge is -2.29. The molecule has 1 aliphatic carbocycles. The second kappa shape index (κ2) is 8.84. The molecule has 0 aliphatic heterocycles. The summed E-state index contributed by atoms with van der Waals surface area (Å²) in [4.78, 5) is 0. The van der Waals surface area contributed by atoms with Crippen LogP contribution in [0.5, 0.6) is 11.5 Å². The first-order valence-corrected chi connectivity index (χ1v) is 9.60. The van der Waals surface area contributed by atoms with Crippen LogP contribution in [-0.4, -0.2) is 13.2 Å². The van der Waals surface area contributed by atoms with E-state index >= 15 is 0 Å². The van der Waals surface area contributed by atoms with Gasteiger partial charge in [-0.05, 0) is 74.6 Å². The molecule has 28 heavy (non-hydrogen) atoms. The minimum absolute atomic E-state index is 0.0711. The van der Waals surface area contributed by atoms with E-state index in [9.17, 15) is 17.6 Å². The highest BCUT2D eigenvalue weighted by molar-refractivity contribution is 5.33. The molecule has 0 amide bonds. The van der Waals surface area contributed by atoms with Crippen molar-refractivity contribution in [2.45, 2.75) is 45.4 Å². The van der Waals surface area contributed by atoms with Gasteiger partial charge in [-0.15, -0.1) is 0 Å². The lowest BCUT2D eigenvalue weighted by Crippen LogP contribution is -2.20. The average Bonchev–Trinajstić information content (AvgIpc) is 2.70. The molecular weight excluding hydrogens is 372 g/mol. The molecule has 0 unspecified atom stereocenters. The summed E-state index contributed by atoms with van der Waals surface area (Å²) in [5.74, 6) is -3.73. The van der Waals surface area contributed by atoms with Crippen molar-refractivity contribution in [3.8, 4) is 11.5 Å². The van der Waals surface area contributed by atoms with Gasteiger partial charge in [-0.3, -0.25) is 0 Å². The van der Waals surface area contributed by atoms with E-state index in [0.717, 1.165) is 12.8 Å². The van der Waals surface area contributed by atoms with Crippen molar-refractivity contribution in [1.29, 1.82) is 0 Å². The molecule has 0 heterocycles. The normalized spacial score (nSPS) is 19.5. The predicted octanol–water partition coefficient (Wildman–Crippen LogP) is 6.30. The third-order valence-corrected chi connectivity index (χ3v) is 5.38. The van der Waals surface area contributed by atoms with Gasteiger partial charge >= 0.3 is 0 Å². The molecule has 0 spiro atoms. The van der Waals surface area contributed by atoms with Crippen LogP contribution in [0.1, 0.15) is 49.7 Å². The lowest BCUT2D eigenvalue weighted by molar-refractivity contribution is 0.191. The van der Waals surface area contributed by atoms with Gasteiger partial charge in [0.2, 0.25) is 11.6 Å². The number of aryl methyl sites for hydroxylation is 1. The minimum Gasteiger partial charge on any atom is -0.491 e. The Balaban J connectivity index is 1.58. The van der Waals surface area contributed by atoms with Crippen molar-refractivity contribution in [3.63, 3.8) is 0 Å². The van der Waals surface area contributed by atoms with Crippen molar-refractivity contribution >= 4 is 0 Å². The molecule has 6 heteroatoms. The molecule has 0 saturated heterocycles. The Morgan fingerprint density at radius 1 is 0.786 bits per heavy atom. The first kappa shape index (κ1) is 20.5. The van der Waals surface area contributed by atoms with Crippen LogP contribution in [0, 0.1) is 36.1 Å². The molecule has 1 fully saturated rings. The Bertz CT molecular complexity index is 830. The number of benzene rings is 2. The van der Waals surface area contributed by atoms with Gasteiger partial charge in [0.25, 0.3) is 0 Å². The Hall–Kier alpha value is -2.24. The van der Waals surface area contributed by atoms with Crippen molar-refractivity contribution in [1.82, 2.24) is 0 Å². The molecule has 1 saturated carbocycles. The van der Waals surface area contributed by atoms with E-state index in [0.29, 0.717) is 18.4 Å². The van der Waals surface area contributed by atoms with Crippen LogP contribution in [0.3, 0.4) is 0 Å². The van der Waals surface area contributed by atoms with Crippen LogP contribution >= 0.6 is 0 Å². The van der Waals surface area contributed by atoms with E-state index in [4.69, 9.17) is 9.47 Å². The third kappa shape index (κ3) is 4.26. The van der Waals surface area contributed by atoms with Gasteiger partial charge in [-0.2, -0.15) is 8.78 Å². The average molecular weight is 396 g/mol. The van der Waals surface area contributed by atoms with Gasteiger partial charge in [-0.25, -0.2) is 8.78 Å². The molecule has 3 rings (SSSR count). The van der Waals surface area contributed by atoms with Crippen molar-refractivity contribution in [2.24, 2.45) is 5.92 Å². The molecular formula is C22H24F4O2. The topological polar surface area (TPSA) is 18.5 Å². The van der Waals surface area contributed by atoms with Gasteiger partial charge in [0.1, 0.15) is 0 Å². The summed E-state index contributed by atoms with van der Waals surface area (Å²) in [6, 6.07) is 5.97. The molecule has 2 nitrogen and oxygen atoms in total.